The van der Waals surface area contributed by atoms with Crippen LogP contribution in [0, 0.1) is 30.3 Å². The van der Waals surface area contributed by atoms with E-state index in [-0.39, 0.29) is 36.6 Å². The van der Waals surface area contributed by atoms with Crippen molar-refractivity contribution >= 4 is 40.9 Å². The number of carbonyl (C=O) groups is 4. The van der Waals surface area contributed by atoms with Crippen molar-refractivity contribution in [1.82, 2.24) is 19.5 Å². The summed E-state index contributed by atoms with van der Waals surface area (Å²) in [5, 5.41) is 10.0. The average Bonchev–Trinajstić information content (AvgIpc) is 3.54. The molecule has 0 unspecified atom stereocenters. The van der Waals surface area contributed by atoms with Crippen molar-refractivity contribution in [3.63, 3.8) is 0 Å². The molecule has 0 saturated carbocycles. The van der Waals surface area contributed by atoms with E-state index in [1.807, 2.05) is 0 Å². The summed E-state index contributed by atoms with van der Waals surface area (Å²) in [7, 11) is 0. The molecule has 2 aromatic rings. The second-order valence-electron chi connectivity index (χ2n) is 10.4. The van der Waals surface area contributed by atoms with Gasteiger partial charge in [0.05, 0.1) is 37.6 Å². The van der Waals surface area contributed by atoms with Gasteiger partial charge in [0.1, 0.15) is 25.5 Å². The second kappa shape index (κ2) is 14.2. The van der Waals surface area contributed by atoms with E-state index in [0.717, 1.165) is 0 Å². The van der Waals surface area contributed by atoms with Crippen LogP contribution in [0.5, 0.6) is 0 Å². The number of nitrogens with zero attached hydrogens (tertiary/aromatic N) is 4. The van der Waals surface area contributed by atoms with Crippen molar-refractivity contribution in [1.29, 1.82) is 0 Å². The third-order valence-corrected chi connectivity index (χ3v) is 6.36. The van der Waals surface area contributed by atoms with Crippen molar-refractivity contribution in [2.24, 2.45) is 11.8 Å². The molecule has 15 nitrogen and oxygen atoms in total. The average molecular weight is 608 g/mol. The van der Waals surface area contributed by atoms with Crippen molar-refractivity contribution in [2.45, 2.75) is 71.0 Å². The van der Waals surface area contributed by atoms with Crippen LogP contribution in [-0.4, -0.2) is 86.1 Å². The van der Waals surface area contributed by atoms with E-state index in [9.17, 15) is 28.7 Å². The van der Waals surface area contributed by atoms with E-state index in [1.165, 1.54) is 10.9 Å². The lowest BCUT2D eigenvalue weighted by molar-refractivity contribution is -0.170. The number of aliphatic hydroxyl groups is 1. The lowest BCUT2D eigenvalue weighted by Crippen LogP contribution is -2.44. The molecule has 1 fully saturated rings. The van der Waals surface area contributed by atoms with Gasteiger partial charge in [-0.1, -0.05) is 33.6 Å². The number of ether oxygens (including phenoxy) is 5. The van der Waals surface area contributed by atoms with Crippen LogP contribution in [0.3, 0.4) is 0 Å². The van der Waals surface area contributed by atoms with Gasteiger partial charge in [0.15, 0.2) is 28.7 Å². The topological polar surface area (TPSA) is 204 Å². The summed E-state index contributed by atoms with van der Waals surface area (Å²) < 4.78 is 42.0. The summed E-state index contributed by atoms with van der Waals surface area (Å²) >= 11 is 0. The molecular weight excluding hydrogens is 573 g/mol. The number of hydrogen-bond donors (Lipinski definition) is 2. The molecule has 3 atom stereocenters. The number of aliphatic hydroxyl groups excluding tert-OH is 1. The molecule has 2 aromatic heterocycles. The molecule has 3 heterocycles. The summed E-state index contributed by atoms with van der Waals surface area (Å²) in [6.07, 6.45) is 1.59. The van der Waals surface area contributed by atoms with Gasteiger partial charge in [0, 0.05) is 6.42 Å². The molecule has 0 bridgehead atoms. The van der Waals surface area contributed by atoms with E-state index >= 15 is 0 Å². The number of halogens is 1. The first-order chi connectivity index (χ1) is 20.3. The maximum absolute atomic E-state index is 13.8. The Morgan fingerprint density at radius 1 is 1.14 bits per heavy atom. The lowest BCUT2D eigenvalue weighted by atomic mass is 9.98. The molecule has 0 amide bonds. The molecule has 1 aliphatic heterocycles. The van der Waals surface area contributed by atoms with Gasteiger partial charge in [-0.15, -0.1) is 6.42 Å². The number of nitrogen functional groups attached to an aromatic ring is 1. The summed E-state index contributed by atoms with van der Waals surface area (Å²) in [6.45, 7) is 5.05. The minimum Gasteiger partial charge on any atom is -0.461 e. The Morgan fingerprint density at radius 2 is 1.74 bits per heavy atom. The first-order valence-corrected chi connectivity index (χ1v) is 13.4. The molecule has 1 aliphatic rings. The number of terminal acetylenes is 1. The highest BCUT2D eigenvalue weighted by Gasteiger charge is 2.51. The maximum atomic E-state index is 13.8. The van der Waals surface area contributed by atoms with Crippen LogP contribution in [0.15, 0.2) is 6.33 Å². The number of esters is 4. The third kappa shape index (κ3) is 8.14. The molecule has 43 heavy (non-hydrogen) atoms. The Bertz CT molecular complexity index is 1370. The minimum absolute atomic E-state index is 0.00119. The van der Waals surface area contributed by atoms with Crippen LogP contribution in [-0.2, 0) is 42.9 Å². The molecule has 3 N–H and O–H groups in total. The van der Waals surface area contributed by atoms with Crippen LogP contribution in [0.25, 0.3) is 11.2 Å². The Morgan fingerprint density at radius 3 is 2.30 bits per heavy atom. The molecule has 234 valence electrons. The molecule has 3 rings (SSSR count). The van der Waals surface area contributed by atoms with Crippen molar-refractivity contribution in [3.8, 4) is 12.3 Å². The molecule has 0 aliphatic carbocycles. The largest absolute Gasteiger partial charge is 0.461 e. The zero-order valence-corrected chi connectivity index (χ0v) is 24.1. The monoisotopic (exact) mass is 607 g/mol. The Labute approximate surface area is 246 Å². The summed E-state index contributed by atoms with van der Waals surface area (Å²) in [5.41, 5.74) is 4.05. The zero-order valence-electron chi connectivity index (χ0n) is 24.1. The summed E-state index contributed by atoms with van der Waals surface area (Å²) in [4.78, 5) is 60.1. The molecular formula is C27H34FN5O10. The number of aromatic nitrogens is 4. The lowest BCUT2D eigenvalue weighted by Gasteiger charge is -2.26. The fraction of sp³-hybridized carbons (Fsp3) is 0.593. The van der Waals surface area contributed by atoms with Crippen LogP contribution in [0.1, 0.15) is 53.2 Å². The molecule has 16 heteroatoms. The van der Waals surface area contributed by atoms with Gasteiger partial charge in [-0.2, -0.15) is 14.4 Å². The fourth-order valence-corrected chi connectivity index (χ4v) is 3.95. The number of carbonyl (C=O) groups excluding carboxylic acids is 4. The number of imidazole rings is 1. The SMILES string of the molecule is C#C[C@]1(CO)O[C@@H](n2cnc3c(N)nc(F)nc32)C[C@@H]1OC(=O)CCC(=O)OC(COC(=O)C(C)C)COC(=O)C(C)C. The van der Waals surface area contributed by atoms with E-state index in [1.54, 1.807) is 27.7 Å². The first kappa shape index (κ1) is 33.1. The molecule has 0 aromatic carbocycles. The van der Waals surface area contributed by atoms with Gasteiger partial charge in [0.25, 0.3) is 0 Å². The molecule has 0 spiro atoms. The van der Waals surface area contributed by atoms with Gasteiger partial charge in [-0.05, 0) is 0 Å². The van der Waals surface area contributed by atoms with Crippen molar-refractivity contribution in [3.05, 3.63) is 12.4 Å². The van der Waals surface area contributed by atoms with E-state index < -0.39 is 85.3 Å². The van der Waals surface area contributed by atoms with E-state index in [0.29, 0.717) is 0 Å². The first-order valence-electron chi connectivity index (χ1n) is 13.4. The van der Waals surface area contributed by atoms with Gasteiger partial charge in [0.2, 0.25) is 0 Å². The standard InChI is InChI=1S/C27H34FN5O10/c1-6-27(12-34)17(9-18(43-27)33-13-30-21-22(29)31-26(28)32-23(21)33)42-20(36)8-7-19(35)41-16(10-39-24(37)14(2)3)11-40-25(38)15(4)5/h1,13-18,34H,7-12H2,2-5H3,(H2,29,31,32)/t17-,18+,27+/m0/s1. The Kier molecular flexibility index (Phi) is 11.0. The van der Waals surface area contributed by atoms with Gasteiger partial charge < -0.3 is 34.5 Å². The smallest absolute Gasteiger partial charge is 0.312 e. The fourth-order valence-electron chi connectivity index (χ4n) is 3.95. The highest BCUT2D eigenvalue weighted by atomic mass is 19.1. The second-order valence-corrected chi connectivity index (χ2v) is 10.4. The predicted octanol–water partition coefficient (Wildman–Crippen LogP) is 0.833. The summed E-state index contributed by atoms with van der Waals surface area (Å²) in [6, 6.07) is 0. The van der Waals surface area contributed by atoms with Crippen LogP contribution in [0.4, 0.5) is 10.2 Å². The zero-order chi connectivity index (χ0) is 31.9. The summed E-state index contributed by atoms with van der Waals surface area (Å²) in [5.74, 6) is -1.54. The van der Waals surface area contributed by atoms with Crippen molar-refractivity contribution in [2.75, 3.05) is 25.6 Å². The van der Waals surface area contributed by atoms with Crippen LogP contribution in [0.2, 0.25) is 0 Å². The third-order valence-electron chi connectivity index (χ3n) is 6.36. The molecule has 0 radical (unpaired) electrons. The molecule has 1 saturated heterocycles. The van der Waals surface area contributed by atoms with E-state index in [2.05, 4.69) is 20.9 Å². The highest BCUT2D eigenvalue weighted by Crippen LogP contribution is 2.39. The number of nitrogens with two attached hydrogens (primary N) is 1. The Balaban J connectivity index is 1.62. The van der Waals surface area contributed by atoms with Crippen molar-refractivity contribution < 1.29 is 52.4 Å². The number of fused-ring (bicyclic) bond motifs is 1. The van der Waals surface area contributed by atoms with Crippen LogP contribution >= 0.6 is 0 Å². The number of anilines is 1. The number of hydrogen-bond acceptors (Lipinski definition) is 14. The maximum Gasteiger partial charge on any atom is 0.312 e. The number of rotatable bonds is 13. The van der Waals surface area contributed by atoms with Crippen LogP contribution < -0.4 is 5.73 Å². The minimum atomic E-state index is -1.76. The van der Waals surface area contributed by atoms with Gasteiger partial charge in [-0.25, -0.2) is 4.98 Å². The van der Waals surface area contributed by atoms with Gasteiger partial charge >= 0.3 is 30.0 Å². The Hall–Kier alpha value is -4.36. The predicted molar refractivity (Wildman–Crippen MR) is 144 cm³/mol. The highest BCUT2D eigenvalue weighted by molar-refractivity contribution is 5.81. The normalized spacial score (nSPS) is 19.9. The quantitative estimate of drug-likeness (QED) is 0.140. The van der Waals surface area contributed by atoms with Gasteiger partial charge in [-0.3, -0.25) is 23.7 Å². The van der Waals surface area contributed by atoms with E-state index in [4.69, 9.17) is 35.8 Å².